The highest BCUT2D eigenvalue weighted by atomic mass is 35.5. The maximum atomic E-state index is 15.1. The van der Waals surface area contributed by atoms with E-state index in [0.717, 1.165) is 71.9 Å². The normalized spacial score (nSPS) is 21.1. The summed E-state index contributed by atoms with van der Waals surface area (Å²) in [5.41, 5.74) is 7.60. The van der Waals surface area contributed by atoms with Gasteiger partial charge in [0.2, 0.25) is 17.7 Å². The first-order valence-corrected chi connectivity index (χ1v) is 17.7. The Morgan fingerprint density at radius 1 is 0.900 bits per heavy atom. The molecule has 0 spiro atoms. The summed E-state index contributed by atoms with van der Waals surface area (Å²) in [6, 6.07) is 28.0. The van der Waals surface area contributed by atoms with Crippen molar-refractivity contribution in [2.45, 2.75) is 57.7 Å². The molecule has 7 rings (SSSR count). The van der Waals surface area contributed by atoms with E-state index in [9.17, 15) is 14.4 Å². The van der Waals surface area contributed by atoms with E-state index in [-0.39, 0.29) is 30.3 Å². The molecule has 8 nitrogen and oxygen atoms in total. The molecule has 0 radical (unpaired) electrons. The molecule has 50 heavy (non-hydrogen) atoms. The van der Waals surface area contributed by atoms with Crippen LogP contribution < -0.4 is 20.4 Å². The predicted molar refractivity (Wildman–Crippen MR) is 196 cm³/mol. The largest absolute Gasteiger partial charge is 0.378 e. The Balaban J connectivity index is 1.00. The molecule has 2 fully saturated rings. The van der Waals surface area contributed by atoms with Crippen LogP contribution in [0.5, 0.6) is 0 Å². The maximum Gasteiger partial charge on any atom is 0.234 e. The Hall–Kier alpha value is -4.73. The average molecular weight is 694 g/mol. The number of benzene rings is 4. The van der Waals surface area contributed by atoms with Gasteiger partial charge < -0.3 is 15.1 Å². The molecule has 4 aromatic carbocycles. The third kappa shape index (κ3) is 7.11. The molecule has 3 heterocycles. The zero-order valence-electron chi connectivity index (χ0n) is 28.3. The highest BCUT2D eigenvalue weighted by molar-refractivity contribution is 6.30. The molecule has 0 bridgehead atoms. The summed E-state index contributed by atoms with van der Waals surface area (Å²) in [4.78, 5) is 43.0. The number of halogens is 2. The van der Waals surface area contributed by atoms with Gasteiger partial charge in [-0.1, -0.05) is 41.9 Å². The standard InChI is InChI=1S/C40H41ClFN5O3/c1-25-21-37(43-31-9-7-30(41)8-10-31)35-23-29(6-15-38(35)47(25)26(2)48)28-4-11-32(12-5-28)46-19-17-45(18-20-46)24-27-3-13-33(36(42)22-27)34-14-16-39(49)44-40(34)50/h3-13,15,22-23,25,34,37,43H,14,16-21,24H2,1-2H3,(H,44,49,50). The Kier molecular flexibility index (Phi) is 9.62. The second-order valence-electron chi connectivity index (χ2n) is 13.6. The molecule has 3 aliphatic rings. The fraction of sp³-hybridized carbons (Fsp3) is 0.325. The van der Waals surface area contributed by atoms with Gasteiger partial charge in [-0.05, 0) is 96.6 Å². The molecule has 0 saturated carbocycles. The zero-order valence-corrected chi connectivity index (χ0v) is 29.1. The molecule has 3 aliphatic heterocycles. The second kappa shape index (κ2) is 14.2. The van der Waals surface area contributed by atoms with Crippen LogP contribution >= 0.6 is 11.6 Å². The van der Waals surface area contributed by atoms with Gasteiger partial charge in [-0.15, -0.1) is 0 Å². The van der Waals surface area contributed by atoms with E-state index in [1.54, 1.807) is 13.0 Å². The lowest BCUT2D eigenvalue weighted by atomic mass is 9.89. The van der Waals surface area contributed by atoms with Crippen LogP contribution in [0.15, 0.2) is 84.9 Å². The first-order chi connectivity index (χ1) is 24.1. The summed E-state index contributed by atoms with van der Waals surface area (Å²) in [6.07, 6.45) is 1.34. The minimum atomic E-state index is -0.626. The Bertz CT molecular complexity index is 1910. The number of imide groups is 1. The average Bonchev–Trinajstić information content (AvgIpc) is 3.10. The first kappa shape index (κ1) is 33.8. The van der Waals surface area contributed by atoms with Gasteiger partial charge in [0.25, 0.3) is 0 Å². The van der Waals surface area contributed by atoms with Gasteiger partial charge in [0.15, 0.2) is 0 Å². The van der Waals surface area contributed by atoms with Crippen LogP contribution in [0.3, 0.4) is 0 Å². The molecule has 4 aromatic rings. The van der Waals surface area contributed by atoms with Crippen molar-refractivity contribution in [3.05, 3.63) is 112 Å². The molecule has 10 heteroatoms. The van der Waals surface area contributed by atoms with Crippen molar-refractivity contribution in [1.29, 1.82) is 0 Å². The second-order valence-corrected chi connectivity index (χ2v) is 14.1. The van der Waals surface area contributed by atoms with Gasteiger partial charge >= 0.3 is 0 Å². The molecular weight excluding hydrogens is 653 g/mol. The number of anilines is 3. The minimum absolute atomic E-state index is 0.0343. The fourth-order valence-electron chi connectivity index (χ4n) is 7.64. The van der Waals surface area contributed by atoms with Crippen LogP contribution in [-0.4, -0.2) is 54.8 Å². The molecule has 3 unspecified atom stereocenters. The Morgan fingerprint density at radius 2 is 1.62 bits per heavy atom. The zero-order chi connectivity index (χ0) is 34.9. The van der Waals surface area contributed by atoms with Gasteiger partial charge in [-0.25, -0.2) is 4.39 Å². The summed E-state index contributed by atoms with van der Waals surface area (Å²) in [7, 11) is 0. The molecule has 0 aliphatic carbocycles. The molecular formula is C40H41ClFN5O3. The number of nitrogens with one attached hydrogen (secondary N) is 2. The van der Waals surface area contributed by atoms with Crippen molar-refractivity contribution in [2.24, 2.45) is 0 Å². The Labute approximate surface area is 297 Å². The van der Waals surface area contributed by atoms with Crippen LogP contribution in [0.4, 0.5) is 21.5 Å². The fourth-order valence-corrected chi connectivity index (χ4v) is 7.76. The lowest BCUT2D eigenvalue weighted by molar-refractivity contribution is -0.134. The number of rotatable bonds is 7. The lowest BCUT2D eigenvalue weighted by Crippen LogP contribution is -2.46. The van der Waals surface area contributed by atoms with Crippen LogP contribution in [0.25, 0.3) is 11.1 Å². The molecule has 3 atom stereocenters. The van der Waals surface area contributed by atoms with Gasteiger partial charge in [-0.2, -0.15) is 0 Å². The van der Waals surface area contributed by atoms with Crippen molar-refractivity contribution in [3.63, 3.8) is 0 Å². The maximum absolute atomic E-state index is 15.1. The number of hydrogen-bond acceptors (Lipinski definition) is 6. The summed E-state index contributed by atoms with van der Waals surface area (Å²) < 4.78 is 15.1. The summed E-state index contributed by atoms with van der Waals surface area (Å²) in [6.45, 7) is 7.74. The Morgan fingerprint density at radius 3 is 2.30 bits per heavy atom. The summed E-state index contributed by atoms with van der Waals surface area (Å²) >= 11 is 6.13. The van der Waals surface area contributed by atoms with E-state index in [1.165, 1.54) is 6.07 Å². The van der Waals surface area contributed by atoms with Crippen LogP contribution in [0.1, 0.15) is 61.8 Å². The topological polar surface area (TPSA) is 85.0 Å². The van der Waals surface area contributed by atoms with E-state index in [0.29, 0.717) is 23.6 Å². The van der Waals surface area contributed by atoms with Crippen LogP contribution in [0.2, 0.25) is 5.02 Å². The number of piperidine rings is 1. The number of carbonyl (C=O) groups excluding carboxylic acids is 3. The molecule has 258 valence electrons. The number of fused-ring (bicyclic) bond motifs is 1. The molecule has 0 aromatic heterocycles. The van der Waals surface area contributed by atoms with Crippen molar-refractivity contribution in [2.75, 3.05) is 41.3 Å². The van der Waals surface area contributed by atoms with Crippen molar-refractivity contribution in [3.8, 4) is 11.1 Å². The quantitative estimate of drug-likeness (QED) is 0.198. The third-order valence-corrected chi connectivity index (χ3v) is 10.5. The molecule has 3 amide bonds. The van der Waals surface area contributed by atoms with Crippen LogP contribution in [-0.2, 0) is 20.9 Å². The van der Waals surface area contributed by atoms with E-state index in [2.05, 4.69) is 69.8 Å². The summed E-state index contributed by atoms with van der Waals surface area (Å²) in [5.74, 6) is -1.71. The number of hydrogen-bond donors (Lipinski definition) is 2. The minimum Gasteiger partial charge on any atom is -0.378 e. The van der Waals surface area contributed by atoms with E-state index < -0.39 is 17.6 Å². The van der Waals surface area contributed by atoms with E-state index >= 15 is 4.39 Å². The smallest absolute Gasteiger partial charge is 0.234 e. The molecule has 2 N–H and O–H groups in total. The highest BCUT2D eigenvalue weighted by Gasteiger charge is 2.33. The predicted octanol–water partition coefficient (Wildman–Crippen LogP) is 7.29. The van der Waals surface area contributed by atoms with Crippen molar-refractivity contribution < 1.29 is 18.8 Å². The van der Waals surface area contributed by atoms with E-state index in [1.807, 2.05) is 35.2 Å². The number of nitrogens with zero attached hydrogens (tertiary/aromatic N) is 3. The van der Waals surface area contributed by atoms with E-state index in [4.69, 9.17) is 11.6 Å². The number of amides is 3. The van der Waals surface area contributed by atoms with Gasteiger partial charge in [0, 0.05) is 79.8 Å². The number of piperazine rings is 1. The van der Waals surface area contributed by atoms with Crippen LogP contribution in [0, 0.1) is 5.82 Å². The third-order valence-electron chi connectivity index (χ3n) is 10.2. The van der Waals surface area contributed by atoms with Gasteiger partial charge in [0.1, 0.15) is 5.82 Å². The molecule has 2 saturated heterocycles. The van der Waals surface area contributed by atoms with Crippen molar-refractivity contribution in [1.82, 2.24) is 10.2 Å². The lowest BCUT2D eigenvalue weighted by Gasteiger charge is -2.40. The van der Waals surface area contributed by atoms with Crippen molar-refractivity contribution >= 4 is 46.4 Å². The van der Waals surface area contributed by atoms with Gasteiger partial charge in [-0.3, -0.25) is 24.6 Å². The number of carbonyl (C=O) groups is 3. The van der Waals surface area contributed by atoms with Gasteiger partial charge in [0.05, 0.1) is 12.0 Å². The monoisotopic (exact) mass is 693 g/mol. The first-order valence-electron chi connectivity index (χ1n) is 17.3. The SMILES string of the molecule is CC(=O)N1c2ccc(-c3ccc(N4CCN(Cc5ccc(C6CCC(=O)NC6=O)c(F)c5)CC4)cc3)cc2C(Nc2ccc(Cl)cc2)CC1C. The highest BCUT2D eigenvalue weighted by Crippen LogP contribution is 2.41. The summed E-state index contributed by atoms with van der Waals surface area (Å²) in [5, 5.41) is 6.68.